The second-order valence-electron chi connectivity index (χ2n) is 2.64. The molecule has 0 bridgehead atoms. The quantitative estimate of drug-likeness (QED) is 0.653. The van der Waals surface area contributed by atoms with Crippen molar-refractivity contribution in [3.8, 4) is 5.75 Å². The monoisotopic (exact) mass is 167 g/mol. The second-order valence-corrected chi connectivity index (χ2v) is 2.64. The van der Waals surface area contributed by atoms with Gasteiger partial charge in [-0.15, -0.1) is 0 Å². The number of aliphatic hydroxyl groups is 1. The van der Waals surface area contributed by atoms with Gasteiger partial charge >= 0.3 is 0 Å². The molecule has 66 valence electrons. The van der Waals surface area contributed by atoms with E-state index < -0.39 is 6.10 Å². The second kappa shape index (κ2) is 3.45. The summed E-state index contributed by atoms with van der Waals surface area (Å²) in [4.78, 5) is 0. The van der Waals surface area contributed by atoms with Gasteiger partial charge in [0.05, 0.1) is 13.2 Å². The number of hydrogen-bond acceptors (Lipinski definition) is 3. The molecule has 0 fully saturated rings. The molecule has 3 heteroatoms. The molecule has 1 rings (SSSR count). The van der Waals surface area contributed by atoms with Gasteiger partial charge in [0.1, 0.15) is 5.75 Å². The fourth-order valence-corrected chi connectivity index (χ4v) is 1.19. The lowest BCUT2D eigenvalue weighted by atomic mass is 10.1. The summed E-state index contributed by atoms with van der Waals surface area (Å²) in [5.74, 6) is 0.630. The maximum Gasteiger partial charge on any atom is 0.126 e. The summed E-state index contributed by atoms with van der Waals surface area (Å²) >= 11 is 0. The van der Waals surface area contributed by atoms with Crippen molar-refractivity contribution in [3.05, 3.63) is 23.8 Å². The van der Waals surface area contributed by atoms with Gasteiger partial charge in [0, 0.05) is 11.3 Å². The van der Waals surface area contributed by atoms with Crippen molar-refractivity contribution in [2.24, 2.45) is 0 Å². The minimum atomic E-state index is -0.596. The molecule has 0 saturated carbocycles. The van der Waals surface area contributed by atoms with Gasteiger partial charge < -0.3 is 15.6 Å². The van der Waals surface area contributed by atoms with Gasteiger partial charge in [-0.3, -0.25) is 0 Å². The van der Waals surface area contributed by atoms with Crippen LogP contribution in [0, 0.1) is 0 Å². The number of ether oxygens (including phenoxy) is 1. The van der Waals surface area contributed by atoms with Crippen LogP contribution in [0.15, 0.2) is 18.2 Å². The zero-order valence-corrected chi connectivity index (χ0v) is 7.24. The molecular weight excluding hydrogens is 154 g/mol. The SMILES string of the molecule is COc1cccc(N)c1C(C)O. The van der Waals surface area contributed by atoms with E-state index in [1.54, 1.807) is 32.2 Å². The van der Waals surface area contributed by atoms with Crippen LogP contribution < -0.4 is 10.5 Å². The summed E-state index contributed by atoms with van der Waals surface area (Å²) < 4.78 is 5.05. The Hall–Kier alpha value is -1.22. The van der Waals surface area contributed by atoms with Gasteiger partial charge in [-0.2, -0.15) is 0 Å². The third-order valence-electron chi connectivity index (χ3n) is 1.74. The van der Waals surface area contributed by atoms with Gasteiger partial charge in [0.25, 0.3) is 0 Å². The molecule has 1 aromatic carbocycles. The molecule has 3 nitrogen and oxygen atoms in total. The van der Waals surface area contributed by atoms with E-state index in [0.29, 0.717) is 17.0 Å². The molecule has 1 atom stereocenters. The molecule has 0 radical (unpaired) electrons. The number of aliphatic hydroxyl groups excluding tert-OH is 1. The largest absolute Gasteiger partial charge is 0.496 e. The van der Waals surface area contributed by atoms with Gasteiger partial charge in [0.2, 0.25) is 0 Å². The first-order chi connectivity index (χ1) is 5.66. The molecule has 0 amide bonds. The molecule has 0 aliphatic heterocycles. The topological polar surface area (TPSA) is 55.5 Å². The molecule has 1 aromatic rings. The van der Waals surface area contributed by atoms with Crippen molar-refractivity contribution in [2.45, 2.75) is 13.0 Å². The highest BCUT2D eigenvalue weighted by atomic mass is 16.5. The Morgan fingerprint density at radius 3 is 2.58 bits per heavy atom. The highest BCUT2D eigenvalue weighted by molar-refractivity contribution is 5.55. The predicted molar refractivity (Wildman–Crippen MR) is 48.0 cm³/mol. The highest BCUT2D eigenvalue weighted by Crippen LogP contribution is 2.29. The molecule has 0 aliphatic rings. The molecule has 0 aliphatic carbocycles. The van der Waals surface area contributed by atoms with E-state index in [-0.39, 0.29) is 0 Å². The van der Waals surface area contributed by atoms with Crippen molar-refractivity contribution >= 4 is 5.69 Å². The average molecular weight is 167 g/mol. The lowest BCUT2D eigenvalue weighted by molar-refractivity contribution is 0.195. The van der Waals surface area contributed by atoms with Crippen molar-refractivity contribution in [1.82, 2.24) is 0 Å². The first-order valence-corrected chi connectivity index (χ1v) is 3.77. The van der Waals surface area contributed by atoms with Crippen molar-refractivity contribution in [3.63, 3.8) is 0 Å². The average Bonchev–Trinajstić information content (AvgIpc) is 2.03. The summed E-state index contributed by atoms with van der Waals surface area (Å²) in [5.41, 5.74) is 6.87. The van der Waals surface area contributed by atoms with Crippen LogP contribution in [0.25, 0.3) is 0 Å². The summed E-state index contributed by atoms with van der Waals surface area (Å²) in [6, 6.07) is 5.31. The Labute approximate surface area is 71.8 Å². The fourth-order valence-electron chi connectivity index (χ4n) is 1.19. The van der Waals surface area contributed by atoms with Crippen LogP contribution in [0.1, 0.15) is 18.6 Å². The third kappa shape index (κ3) is 1.51. The van der Waals surface area contributed by atoms with Crippen LogP contribution in [-0.4, -0.2) is 12.2 Å². The lowest BCUT2D eigenvalue weighted by Crippen LogP contribution is -2.01. The van der Waals surface area contributed by atoms with E-state index in [9.17, 15) is 5.11 Å². The number of hydrogen-bond donors (Lipinski definition) is 2. The molecule has 0 aromatic heterocycles. The van der Waals surface area contributed by atoms with Crippen LogP contribution in [-0.2, 0) is 0 Å². The van der Waals surface area contributed by atoms with Crippen LogP contribution in [0.3, 0.4) is 0 Å². The van der Waals surface area contributed by atoms with E-state index >= 15 is 0 Å². The third-order valence-corrected chi connectivity index (χ3v) is 1.74. The number of benzene rings is 1. The molecule has 12 heavy (non-hydrogen) atoms. The van der Waals surface area contributed by atoms with Gasteiger partial charge in [0.15, 0.2) is 0 Å². The van der Waals surface area contributed by atoms with Crippen molar-refractivity contribution in [1.29, 1.82) is 0 Å². The maximum atomic E-state index is 9.36. The van der Waals surface area contributed by atoms with E-state index in [4.69, 9.17) is 10.5 Å². The first kappa shape index (κ1) is 8.87. The van der Waals surface area contributed by atoms with Crippen molar-refractivity contribution < 1.29 is 9.84 Å². The number of nitrogen functional groups attached to an aromatic ring is 1. The fraction of sp³-hybridized carbons (Fsp3) is 0.333. The number of methoxy groups -OCH3 is 1. The lowest BCUT2D eigenvalue weighted by Gasteiger charge is -2.12. The number of rotatable bonds is 2. The molecule has 0 saturated heterocycles. The van der Waals surface area contributed by atoms with Crippen molar-refractivity contribution in [2.75, 3.05) is 12.8 Å². The minimum Gasteiger partial charge on any atom is -0.496 e. The van der Waals surface area contributed by atoms with Gasteiger partial charge in [-0.1, -0.05) is 6.07 Å². The summed E-state index contributed by atoms with van der Waals surface area (Å²) in [7, 11) is 1.56. The normalized spacial score (nSPS) is 12.6. The Bertz CT molecular complexity index is 271. The zero-order valence-electron chi connectivity index (χ0n) is 7.24. The number of anilines is 1. The Balaban J connectivity index is 3.20. The van der Waals surface area contributed by atoms with E-state index in [1.807, 2.05) is 0 Å². The summed E-state index contributed by atoms with van der Waals surface area (Å²) in [6.45, 7) is 1.66. The van der Waals surface area contributed by atoms with Crippen LogP contribution in [0.4, 0.5) is 5.69 Å². The highest BCUT2D eigenvalue weighted by Gasteiger charge is 2.10. The summed E-state index contributed by atoms with van der Waals surface area (Å²) in [5, 5.41) is 9.36. The van der Waals surface area contributed by atoms with Gasteiger partial charge in [-0.25, -0.2) is 0 Å². The Morgan fingerprint density at radius 2 is 2.17 bits per heavy atom. The minimum absolute atomic E-state index is 0.560. The van der Waals surface area contributed by atoms with E-state index in [0.717, 1.165) is 0 Å². The number of nitrogens with two attached hydrogens (primary N) is 1. The van der Waals surface area contributed by atoms with Crippen LogP contribution in [0.5, 0.6) is 5.75 Å². The van der Waals surface area contributed by atoms with Gasteiger partial charge in [-0.05, 0) is 19.1 Å². The standard InChI is InChI=1S/C9H13NO2/c1-6(11)9-7(10)4-3-5-8(9)12-2/h3-6,11H,10H2,1-2H3. The van der Waals surface area contributed by atoms with E-state index in [2.05, 4.69) is 0 Å². The van der Waals surface area contributed by atoms with E-state index in [1.165, 1.54) is 0 Å². The molecular formula is C9H13NO2. The maximum absolute atomic E-state index is 9.36. The molecule has 0 heterocycles. The summed E-state index contributed by atoms with van der Waals surface area (Å²) in [6.07, 6.45) is -0.596. The first-order valence-electron chi connectivity index (χ1n) is 3.77. The molecule has 1 unspecified atom stereocenters. The molecule has 3 N–H and O–H groups in total. The smallest absolute Gasteiger partial charge is 0.126 e. The van der Waals surface area contributed by atoms with Crippen LogP contribution >= 0.6 is 0 Å². The Morgan fingerprint density at radius 1 is 1.50 bits per heavy atom. The predicted octanol–water partition coefficient (Wildman–Crippen LogP) is 1.33. The molecule has 0 spiro atoms. The zero-order chi connectivity index (χ0) is 9.14. The van der Waals surface area contributed by atoms with Crippen LogP contribution in [0.2, 0.25) is 0 Å². The Kier molecular flexibility index (Phi) is 2.55.